The Bertz CT molecular complexity index is 1180. The number of carbonyl (C=O) groups excluding carboxylic acids is 3. The number of aliphatic carboxylic acids is 1. The van der Waals surface area contributed by atoms with E-state index in [1.165, 1.54) is 26.4 Å². The van der Waals surface area contributed by atoms with Crippen molar-refractivity contribution in [3.63, 3.8) is 0 Å². The normalized spacial score (nSPS) is 14.1. The van der Waals surface area contributed by atoms with Crippen molar-refractivity contribution >= 4 is 51.5 Å². The Morgan fingerprint density at radius 1 is 1.15 bits per heavy atom. The molecule has 1 fully saturated rings. The Balaban J connectivity index is 1.76. The van der Waals surface area contributed by atoms with Gasteiger partial charge in [0.15, 0.2) is 18.1 Å². The maximum Gasteiger partial charge on any atom is 0.341 e. The van der Waals surface area contributed by atoms with Gasteiger partial charge >= 0.3 is 12.0 Å². The number of para-hydroxylation sites is 2. The maximum absolute atomic E-state index is 12.8. The molecule has 12 heteroatoms. The zero-order chi connectivity index (χ0) is 24.8. The number of rotatable bonds is 9. The van der Waals surface area contributed by atoms with Crippen molar-refractivity contribution in [1.29, 1.82) is 0 Å². The maximum atomic E-state index is 12.8. The number of hydrogen-bond acceptors (Lipinski definition) is 7. The summed E-state index contributed by atoms with van der Waals surface area (Å²) in [5, 5.41) is 13.9. The van der Waals surface area contributed by atoms with Crippen LogP contribution >= 0.6 is 15.9 Å². The Morgan fingerprint density at radius 2 is 1.85 bits per heavy atom. The third-order valence-corrected chi connectivity index (χ3v) is 5.14. The van der Waals surface area contributed by atoms with Gasteiger partial charge in [0, 0.05) is 0 Å². The van der Waals surface area contributed by atoms with Crippen molar-refractivity contribution in [3.8, 4) is 17.2 Å². The monoisotopic (exact) mass is 533 g/mol. The smallest absolute Gasteiger partial charge is 0.341 e. The summed E-state index contributed by atoms with van der Waals surface area (Å²) in [5.41, 5.74) is 0.804. The summed E-state index contributed by atoms with van der Waals surface area (Å²) in [6.07, 6.45) is 1.40. The number of carboxylic acid groups (broad SMARTS) is 1. The Morgan fingerprint density at radius 3 is 2.53 bits per heavy atom. The molecule has 0 radical (unpaired) electrons. The first-order valence-corrected chi connectivity index (χ1v) is 10.5. The number of ether oxygens (including phenoxy) is 3. The highest BCUT2D eigenvalue weighted by atomic mass is 79.9. The predicted octanol–water partition coefficient (Wildman–Crippen LogP) is 2.46. The minimum Gasteiger partial charge on any atom is -0.495 e. The predicted molar refractivity (Wildman–Crippen MR) is 124 cm³/mol. The third kappa shape index (κ3) is 5.64. The van der Waals surface area contributed by atoms with E-state index in [1.54, 1.807) is 30.3 Å². The first-order valence-electron chi connectivity index (χ1n) is 9.73. The fraction of sp³-hybridized carbons (Fsp3) is 0.182. The molecule has 2 aromatic rings. The number of carboxylic acids is 1. The molecular weight excluding hydrogens is 514 g/mol. The number of anilines is 1. The number of methoxy groups -OCH3 is 2. The van der Waals surface area contributed by atoms with E-state index in [1.807, 2.05) is 0 Å². The second-order valence-corrected chi connectivity index (χ2v) is 7.70. The first kappa shape index (κ1) is 24.6. The van der Waals surface area contributed by atoms with E-state index in [9.17, 15) is 19.2 Å². The number of imide groups is 1. The SMILES string of the molecule is COc1ccccc1NC(=O)CN1C(=O)N/C(=C/c2cc(Br)c(OCC(=O)O)c(OC)c2)C1=O. The van der Waals surface area contributed by atoms with Crippen LogP contribution in [0.5, 0.6) is 17.2 Å². The fourth-order valence-corrected chi connectivity index (χ4v) is 3.63. The molecular formula is C22H20BrN3O8. The van der Waals surface area contributed by atoms with E-state index in [4.69, 9.17) is 19.3 Å². The molecule has 0 unspecified atom stereocenters. The Hall–Kier alpha value is -4.06. The van der Waals surface area contributed by atoms with Gasteiger partial charge in [0.2, 0.25) is 5.91 Å². The molecule has 0 aliphatic carbocycles. The molecule has 0 spiro atoms. The molecule has 1 aliphatic rings. The summed E-state index contributed by atoms with van der Waals surface area (Å²) in [6, 6.07) is 9.05. The largest absolute Gasteiger partial charge is 0.495 e. The lowest BCUT2D eigenvalue weighted by Gasteiger charge is -2.13. The minimum absolute atomic E-state index is 0.0525. The first-order chi connectivity index (χ1) is 16.2. The van der Waals surface area contributed by atoms with Gasteiger partial charge in [-0.15, -0.1) is 0 Å². The zero-order valence-electron chi connectivity index (χ0n) is 18.1. The van der Waals surface area contributed by atoms with E-state index in [0.717, 1.165) is 4.90 Å². The molecule has 178 valence electrons. The molecule has 0 bridgehead atoms. The van der Waals surface area contributed by atoms with Gasteiger partial charge in [-0.05, 0) is 51.8 Å². The number of benzene rings is 2. The number of halogens is 1. The van der Waals surface area contributed by atoms with Crippen LogP contribution in [-0.2, 0) is 14.4 Å². The Kier molecular flexibility index (Phi) is 7.74. The van der Waals surface area contributed by atoms with E-state index >= 15 is 0 Å². The number of nitrogens with one attached hydrogen (secondary N) is 2. The third-order valence-electron chi connectivity index (χ3n) is 4.55. The van der Waals surface area contributed by atoms with Crippen LogP contribution in [-0.4, -0.2) is 61.2 Å². The zero-order valence-corrected chi connectivity index (χ0v) is 19.7. The van der Waals surface area contributed by atoms with E-state index in [0.29, 0.717) is 21.5 Å². The van der Waals surface area contributed by atoms with Crippen molar-refractivity contribution in [2.75, 3.05) is 32.7 Å². The van der Waals surface area contributed by atoms with Crippen molar-refractivity contribution < 1.29 is 38.5 Å². The van der Waals surface area contributed by atoms with Crippen LogP contribution in [0.4, 0.5) is 10.5 Å². The highest BCUT2D eigenvalue weighted by Crippen LogP contribution is 2.37. The van der Waals surface area contributed by atoms with Gasteiger partial charge in [0.05, 0.1) is 24.4 Å². The van der Waals surface area contributed by atoms with Crippen molar-refractivity contribution in [3.05, 3.63) is 52.1 Å². The van der Waals surface area contributed by atoms with Crippen molar-refractivity contribution in [1.82, 2.24) is 10.2 Å². The highest BCUT2D eigenvalue weighted by molar-refractivity contribution is 9.10. The van der Waals surface area contributed by atoms with Crippen LogP contribution in [0.15, 0.2) is 46.6 Å². The molecule has 4 amide bonds. The topological polar surface area (TPSA) is 144 Å². The van der Waals surface area contributed by atoms with Crippen molar-refractivity contribution in [2.45, 2.75) is 0 Å². The summed E-state index contributed by atoms with van der Waals surface area (Å²) in [5.74, 6) is -1.62. The lowest BCUT2D eigenvalue weighted by atomic mass is 10.1. The summed E-state index contributed by atoms with van der Waals surface area (Å²) in [6.45, 7) is -1.08. The van der Waals surface area contributed by atoms with E-state index in [-0.39, 0.29) is 17.2 Å². The molecule has 3 rings (SSSR count). The molecule has 0 aromatic heterocycles. The van der Waals surface area contributed by atoms with Crippen LogP contribution in [0.25, 0.3) is 6.08 Å². The van der Waals surface area contributed by atoms with Gasteiger partial charge in [0.25, 0.3) is 5.91 Å². The molecule has 0 atom stereocenters. The molecule has 34 heavy (non-hydrogen) atoms. The number of hydrogen-bond donors (Lipinski definition) is 3. The fourth-order valence-electron chi connectivity index (χ4n) is 3.06. The summed E-state index contributed by atoms with van der Waals surface area (Å²) in [4.78, 5) is 49.1. The van der Waals surface area contributed by atoms with Gasteiger partial charge in [-0.3, -0.25) is 9.59 Å². The van der Waals surface area contributed by atoms with Gasteiger partial charge < -0.3 is 30.0 Å². The lowest BCUT2D eigenvalue weighted by Crippen LogP contribution is -2.38. The van der Waals surface area contributed by atoms with Crippen LogP contribution in [0, 0.1) is 0 Å². The quantitative estimate of drug-likeness (QED) is 0.329. The molecule has 1 saturated heterocycles. The van der Waals surface area contributed by atoms with Gasteiger partial charge in [-0.2, -0.15) is 0 Å². The van der Waals surface area contributed by atoms with Crippen LogP contribution in [0.3, 0.4) is 0 Å². The molecule has 1 heterocycles. The second kappa shape index (κ2) is 10.7. The van der Waals surface area contributed by atoms with Crippen LogP contribution in [0.2, 0.25) is 0 Å². The number of amides is 4. The number of carbonyl (C=O) groups is 4. The van der Waals surface area contributed by atoms with Crippen LogP contribution in [0.1, 0.15) is 5.56 Å². The summed E-state index contributed by atoms with van der Waals surface area (Å²) in [7, 11) is 2.83. The lowest BCUT2D eigenvalue weighted by molar-refractivity contribution is -0.139. The molecule has 3 N–H and O–H groups in total. The average molecular weight is 534 g/mol. The highest BCUT2D eigenvalue weighted by Gasteiger charge is 2.35. The van der Waals surface area contributed by atoms with Gasteiger partial charge in [0.1, 0.15) is 18.0 Å². The summed E-state index contributed by atoms with van der Waals surface area (Å²) < 4.78 is 16.0. The molecule has 2 aromatic carbocycles. The second-order valence-electron chi connectivity index (χ2n) is 6.84. The van der Waals surface area contributed by atoms with E-state index < -0.39 is 37.0 Å². The van der Waals surface area contributed by atoms with Crippen LogP contribution < -0.4 is 24.8 Å². The minimum atomic E-state index is -1.16. The molecule has 0 saturated carbocycles. The van der Waals surface area contributed by atoms with Gasteiger partial charge in [-0.25, -0.2) is 14.5 Å². The Labute approximate surface area is 202 Å². The average Bonchev–Trinajstić information content (AvgIpc) is 3.05. The van der Waals surface area contributed by atoms with E-state index in [2.05, 4.69) is 26.6 Å². The standard InChI is InChI=1S/C22H20BrN3O8/c1-32-16-6-4-3-5-14(16)24-18(27)10-26-21(30)15(25-22(26)31)8-12-7-13(23)20(17(9-12)33-2)34-11-19(28)29/h3-9H,10-11H2,1-2H3,(H,24,27)(H,25,31)(H,28,29)/b15-8+. The molecule has 1 aliphatic heterocycles. The number of urea groups is 1. The summed E-state index contributed by atoms with van der Waals surface area (Å²) >= 11 is 3.28. The number of nitrogens with zero attached hydrogens (tertiary/aromatic N) is 1. The molecule has 11 nitrogen and oxygen atoms in total. The van der Waals surface area contributed by atoms with Crippen molar-refractivity contribution in [2.24, 2.45) is 0 Å². The van der Waals surface area contributed by atoms with Gasteiger partial charge in [-0.1, -0.05) is 12.1 Å².